The molecule has 3 nitrogen and oxygen atoms in total. The first-order valence-corrected chi connectivity index (χ1v) is 5.54. The van der Waals surface area contributed by atoms with Crippen molar-refractivity contribution in [2.45, 2.75) is 25.3 Å². The van der Waals surface area contributed by atoms with Gasteiger partial charge in [-0.2, -0.15) is 0 Å². The minimum absolute atomic E-state index is 0.160. The molecule has 0 aliphatic rings. The number of ether oxygens (including phenoxy) is 1. The maximum Gasteiger partial charge on any atom is 0.307 e. The van der Waals surface area contributed by atoms with Crippen molar-refractivity contribution < 1.29 is 9.53 Å². The highest BCUT2D eigenvalue weighted by Crippen LogP contribution is 2.07. The number of benzene rings is 1. The third kappa shape index (κ3) is 4.45. The van der Waals surface area contributed by atoms with E-state index in [0.717, 1.165) is 12.8 Å². The third-order valence-corrected chi connectivity index (χ3v) is 2.67. The zero-order valence-electron chi connectivity index (χ0n) is 9.90. The summed E-state index contributed by atoms with van der Waals surface area (Å²) in [5.74, 6) is -0.160. The van der Waals surface area contributed by atoms with Crippen LogP contribution in [0.2, 0.25) is 0 Å². The molecule has 1 atom stereocenters. The number of esters is 1. The van der Waals surface area contributed by atoms with Crippen LogP contribution in [0.1, 0.15) is 18.4 Å². The van der Waals surface area contributed by atoms with Crippen molar-refractivity contribution in [3.8, 4) is 0 Å². The van der Waals surface area contributed by atoms with Crippen LogP contribution in [0.3, 0.4) is 0 Å². The van der Waals surface area contributed by atoms with Crippen molar-refractivity contribution in [1.82, 2.24) is 5.32 Å². The smallest absolute Gasteiger partial charge is 0.307 e. The molecule has 88 valence electrons. The molecule has 1 aromatic carbocycles. The second-order valence-corrected chi connectivity index (χ2v) is 3.79. The van der Waals surface area contributed by atoms with Gasteiger partial charge in [-0.15, -0.1) is 0 Å². The van der Waals surface area contributed by atoms with Gasteiger partial charge in [-0.3, -0.25) is 4.79 Å². The second kappa shape index (κ2) is 7.01. The molecule has 3 heteroatoms. The van der Waals surface area contributed by atoms with Crippen LogP contribution in [0, 0.1) is 0 Å². The molecule has 1 N–H and O–H groups in total. The Morgan fingerprint density at radius 3 is 2.62 bits per heavy atom. The quantitative estimate of drug-likeness (QED) is 0.744. The van der Waals surface area contributed by atoms with Gasteiger partial charge in [0.15, 0.2) is 0 Å². The number of aryl methyl sites for hydroxylation is 1. The normalized spacial score (nSPS) is 12.1. The maximum absolute atomic E-state index is 11.1. The summed E-state index contributed by atoms with van der Waals surface area (Å²) in [5, 5.41) is 3.14. The fourth-order valence-corrected chi connectivity index (χ4v) is 1.62. The SMILES string of the molecule is CNC(CCc1ccccc1)CC(=O)OC. The van der Waals surface area contributed by atoms with Crippen LogP contribution >= 0.6 is 0 Å². The summed E-state index contributed by atoms with van der Waals surface area (Å²) in [5.41, 5.74) is 1.30. The van der Waals surface area contributed by atoms with Crippen LogP contribution in [-0.4, -0.2) is 26.2 Å². The molecule has 0 radical (unpaired) electrons. The van der Waals surface area contributed by atoms with E-state index < -0.39 is 0 Å². The molecule has 16 heavy (non-hydrogen) atoms. The molecule has 1 unspecified atom stereocenters. The van der Waals surface area contributed by atoms with E-state index in [4.69, 9.17) is 0 Å². The predicted octanol–water partition coefficient (Wildman–Crippen LogP) is 1.77. The van der Waals surface area contributed by atoms with E-state index in [-0.39, 0.29) is 12.0 Å². The van der Waals surface area contributed by atoms with E-state index in [2.05, 4.69) is 22.2 Å². The fourth-order valence-electron chi connectivity index (χ4n) is 1.62. The van der Waals surface area contributed by atoms with Crippen molar-refractivity contribution in [2.75, 3.05) is 14.2 Å². The highest BCUT2D eigenvalue weighted by Gasteiger charge is 2.11. The molecule has 1 aromatic rings. The summed E-state index contributed by atoms with van der Waals surface area (Å²) in [4.78, 5) is 11.1. The van der Waals surface area contributed by atoms with Crippen LogP contribution < -0.4 is 5.32 Å². The number of carbonyl (C=O) groups is 1. The molecule has 1 rings (SSSR count). The summed E-state index contributed by atoms with van der Waals surface area (Å²) in [6.07, 6.45) is 2.35. The molecule has 0 aromatic heterocycles. The lowest BCUT2D eigenvalue weighted by Crippen LogP contribution is -2.29. The van der Waals surface area contributed by atoms with Crippen LogP contribution in [0.25, 0.3) is 0 Å². The topological polar surface area (TPSA) is 38.3 Å². The molecule has 0 bridgehead atoms. The second-order valence-electron chi connectivity index (χ2n) is 3.79. The van der Waals surface area contributed by atoms with Crippen molar-refractivity contribution in [3.05, 3.63) is 35.9 Å². The Kier molecular flexibility index (Phi) is 5.57. The van der Waals surface area contributed by atoms with Gasteiger partial charge in [0.25, 0.3) is 0 Å². The van der Waals surface area contributed by atoms with Gasteiger partial charge in [0.05, 0.1) is 13.5 Å². The fraction of sp³-hybridized carbons (Fsp3) is 0.462. The van der Waals surface area contributed by atoms with E-state index in [0.29, 0.717) is 6.42 Å². The summed E-state index contributed by atoms with van der Waals surface area (Å²) in [6.45, 7) is 0. The van der Waals surface area contributed by atoms with Gasteiger partial charge < -0.3 is 10.1 Å². The summed E-state index contributed by atoms with van der Waals surface area (Å²) in [7, 11) is 3.30. The van der Waals surface area contributed by atoms with Gasteiger partial charge in [-0.1, -0.05) is 30.3 Å². The van der Waals surface area contributed by atoms with Crippen molar-refractivity contribution in [1.29, 1.82) is 0 Å². The lowest BCUT2D eigenvalue weighted by molar-refractivity contribution is -0.141. The van der Waals surface area contributed by atoms with E-state index in [1.807, 2.05) is 25.2 Å². The molecular weight excluding hydrogens is 202 g/mol. The van der Waals surface area contributed by atoms with Gasteiger partial charge in [0.2, 0.25) is 0 Å². The first-order chi connectivity index (χ1) is 7.76. The van der Waals surface area contributed by atoms with E-state index >= 15 is 0 Å². The first kappa shape index (κ1) is 12.7. The van der Waals surface area contributed by atoms with Gasteiger partial charge >= 0.3 is 5.97 Å². The van der Waals surface area contributed by atoms with Gasteiger partial charge in [-0.05, 0) is 25.5 Å². The Morgan fingerprint density at radius 2 is 2.06 bits per heavy atom. The van der Waals surface area contributed by atoms with Crippen LogP contribution in [0.5, 0.6) is 0 Å². The van der Waals surface area contributed by atoms with Crippen LogP contribution in [0.4, 0.5) is 0 Å². The minimum Gasteiger partial charge on any atom is -0.469 e. The molecule has 0 saturated heterocycles. The molecular formula is C13H19NO2. The number of rotatable bonds is 6. The average Bonchev–Trinajstić information content (AvgIpc) is 2.35. The Balaban J connectivity index is 2.37. The molecule has 0 aliphatic heterocycles. The number of nitrogens with one attached hydrogen (secondary N) is 1. The zero-order chi connectivity index (χ0) is 11.8. The summed E-state index contributed by atoms with van der Waals surface area (Å²) in [6, 6.07) is 10.5. The Bertz CT molecular complexity index is 311. The average molecular weight is 221 g/mol. The lowest BCUT2D eigenvalue weighted by atomic mass is 10.0. The van der Waals surface area contributed by atoms with Gasteiger partial charge in [-0.25, -0.2) is 0 Å². The number of hydrogen-bond acceptors (Lipinski definition) is 3. The van der Waals surface area contributed by atoms with E-state index in [9.17, 15) is 4.79 Å². The molecule has 0 spiro atoms. The van der Waals surface area contributed by atoms with E-state index in [1.165, 1.54) is 12.7 Å². The molecule has 0 fully saturated rings. The third-order valence-electron chi connectivity index (χ3n) is 2.67. The minimum atomic E-state index is -0.160. The molecule has 0 saturated carbocycles. The number of carbonyl (C=O) groups excluding carboxylic acids is 1. The van der Waals surface area contributed by atoms with Crippen molar-refractivity contribution in [2.24, 2.45) is 0 Å². The molecule has 0 heterocycles. The molecule has 0 aliphatic carbocycles. The van der Waals surface area contributed by atoms with Gasteiger partial charge in [0.1, 0.15) is 0 Å². The maximum atomic E-state index is 11.1. The summed E-state index contributed by atoms with van der Waals surface area (Å²) >= 11 is 0. The highest BCUT2D eigenvalue weighted by molar-refractivity contribution is 5.69. The standard InChI is InChI=1S/C13H19NO2/c1-14-12(10-13(15)16-2)9-8-11-6-4-3-5-7-11/h3-7,12,14H,8-10H2,1-2H3. The Labute approximate surface area is 96.8 Å². The number of hydrogen-bond donors (Lipinski definition) is 1. The molecule has 0 amide bonds. The predicted molar refractivity (Wildman–Crippen MR) is 64.2 cm³/mol. The zero-order valence-corrected chi connectivity index (χ0v) is 9.90. The van der Waals surface area contributed by atoms with E-state index in [1.54, 1.807) is 0 Å². The number of methoxy groups -OCH3 is 1. The largest absolute Gasteiger partial charge is 0.469 e. The van der Waals surface area contributed by atoms with Crippen LogP contribution in [0.15, 0.2) is 30.3 Å². The van der Waals surface area contributed by atoms with Crippen molar-refractivity contribution >= 4 is 5.97 Å². The Morgan fingerprint density at radius 1 is 1.38 bits per heavy atom. The lowest BCUT2D eigenvalue weighted by Gasteiger charge is -2.14. The summed E-state index contributed by atoms with van der Waals surface area (Å²) < 4.78 is 4.66. The Hall–Kier alpha value is -1.35. The van der Waals surface area contributed by atoms with Crippen molar-refractivity contribution in [3.63, 3.8) is 0 Å². The van der Waals surface area contributed by atoms with Crippen LogP contribution in [-0.2, 0) is 16.0 Å². The first-order valence-electron chi connectivity index (χ1n) is 5.54. The monoisotopic (exact) mass is 221 g/mol. The van der Waals surface area contributed by atoms with Gasteiger partial charge in [0, 0.05) is 6.04 Å². The highest BCUT2D eigenvalue weighted by atomic mass is 16.5.